The van der Waals surface area contributed by atoms with Crippen LogP contribution >= 0.6 is 0 Å². The third kappa shape index (κ3) is 4.54. The zero-order chi connectivity index (χ0) is 34.9. The molecule has 0 N–H and O–H groups in total. The van der Waals surface area contributed by atoms with E-state index in [-0.39, 0.29) is 0 Å². The van der Waals surface area contributed by atoms with Gasteiger partial charge in [0.15, 0.2) is 5.58 Å². The fourth-order valence-corrected chi connectivity index (χ4v) is 8.28. The van der Waals surface area contributed by atoms with Crippen LogP contribution in [0.2, 0.25) is 0 Å². The SMILES string of the molecule is c1ccc(-c2cccc3c2oc2c(N(c4cccc5ccc6ccccc6c45)c4ccc(-c5ccccc5)c5oc6ccccc6c45)cccc23)cc1. The molecule has 0 radical (unpaired) electrons. The Bertz CT molecular complexity index is 3170. The van der Waals surface area contributed by atoms with Crippen molar-refractivity contribution < 1.29 is 8.83 Å². The third-order valence-corrected chi connectivity index (χ3v) is 10.6. The quantitative estimate of drug-likeness (QED) is 0.170. The van der Waals surface area contributed by atoms with Crippen LogP contribution in [-0.4, -0.2) is 0 Å². The van der Waals surface area contributed by atoms with Gasteiger partial charge in [-0.3, -0.25) is 0 Å². The smallest absolute Gasteiger partial charge is 0.159 e. The number of nitrogens with zero attached hydrogens (tertiary/aromatic N) is 1. The Kier molecular flexibility index (Phi) is 6.55. The summed E-state index contributed by atoms with van der Waals surface area (Å²) in [6.07, 6.45) is 0. The zero-order valence-electron chi connectivity index (χ0n) is 28.7. The Hall–Kier alpha value is -7.10. The molecule has 9 aromatic carbocycles. The van der Waals surface area contributed by atoms with Gasteiger partial charge in [-0.25, -0.2) is 0 Å². The van der Waals surface area contributed by atoms with Crippen LogP contribution in [0, 0.1) is 0 Å². The van der Waals surface area contributed by atoms with E-state index in [9.17, 15) is 0 Å². The van der Waals surface area contributed by atoms with Crippen LogP contribution in [0.4, 0.5) is 17.1 Å². The second-order valence-electron chi connectivity index (χ2n) is 13.6. The number of anilines is 3. The lowest BCUT2D eigenvalue weighted by Gasteiger charge is -2.28. The lowest BCUT2D eigenvalue weighted by Crippen LogP contribution is -2.11. The van der Waals surface area contributed by atoms with E-state index in [1.165, 1.54) is 21.5 Å². The molecule has 2 aromatic heterocycles. The number of hydrogen-bond acceptors (Lipinski definition) is 3. The fraction of sp³-hybridized carbons (Fsp3) is 0. The van der Waals surface area contributed by atoms with Gasteiger partial charge < -0.3 is 13.7 Å². The van der Waals surface area contributed by atoms with Gasteiger partial charge in [-0.15, -0.1) is 0 Å². The molecule has 2 heterocycles. The summed E-state index contributed by atoms with van der Waals surface area (Å²) in [4.78, 5) is 2.40. The lowest BCUT2D eigenvalue weighted by molar-refractivity contribution is 0.669. The molecular weight excluding hydrogens is 647 g/mol. The lowest BCUT2D eigenvalue weighted by atomic mass is 9.97. The number of rotatable bonds is 5. The molecule has 0 fully saturated rings. The highest BCUT2D eigenvalue weighted by Gasteiger charge is 2.26. The van der Waals surface area contributed by atoms with Crippen molar-refractivity contribution in [2.24, 2.45) is 0 Å². The minimum absolute atomic E-state index is 0.830. The Labute approximate surface area is 305 Å². The first-order chi connectivity index (χ1) is 26.3. The first-order valence-electron chi connectivity index (χ1n) is 18.0. The summed E-state index contributed by atoms with van der Waals surface area (Å²) in [5, 5.41) is 9.01. The van der Waals surface area contributed by atoms with Gasteiger partial charge in [-0.1, -0.05) is 158 Å². The molecule has 3 nitrogen and oxygen atoms in total. The minimum atomic E-state index is 0.830. The van der Waals surface area contributed by atoms with E-state index in [2.05, 4.69) is 187 Å². The Morgan fingerprint density at radius 3 is 1.68 bits per heavy atom. The van der Waals surface area contributed by atoms with Gasteiger partial charge >= 0.3 is 0 Å². The van der Waals surface area contributed by atoms with Crippen LogP contribution in [0.5, 0.6) is 0 Å². The molecule has 0 spiro atoms. The number of furan rings is 2. The summed E-state index contributed by atoms with van der Waals surface area (Å²) in [7, 11) is 0. The highest BCUT2D eigenvalue weighted by Crippen LogP contribution is 2.51. The molecule has 0 unspecified atom stereocenters. The van der Waals surface area contributed by atoms with Gasteiger partial charge in [-0.05, 0) is 57.6 Å². The first kappa shape index (κ1) is 29.6. The van der Waals surface area contributed by atoms with Crippen LogP contribution < -0.4 is 4.90 Å². The highest BCUT2D eigenvalue weighted by atomic mass is 16.3. The van der Waals surface area contributed by atoms with Crippen LogP contribution in [0.15, 0.2) is 197 Å². The Morgan fingerprint density at radius 2 is 0.868 bits per heavy atom. The predicted octanol–water partition coefficient (Wildman–Crippen LogP) is 14.6. The molecule has 0 atom stereocenters. The van der Waals surface area contributed by atoms with E-state index in [0.29, 0.717) is 0 Å². The molecule has 11 aromatic rings. The van der Waals surface area contributed by atoms with Crippen LogP contribution in [-0.2, 0) is 0 Å². The molecule has 11 rings (SSSR count). The van der Waals surface area contributed by atoms with Crippen molar-refractivity contribution in [3.63, 3.8) is 0 Å². The standard InChI is InChI=1S/C50H31NO2/c1-3-14-32(15-4-1)37-22-12-23-39-40-24-13-26-44(49(40)53-48(37)39)51(42-25-11-19-35-29-28-34-18-7-8-20-36(34)46(35)42)43-31-30-38(33-16-5-2-6-17-33)50-47(43)41-21-9-10-27-45(41)52-50/h1-31H. The van der Waals surface area contributed by atoms with E-state index in [4.69, 9.17) is 8.83 Å². The van der Waals surface area contributed by atoms with Crippen LogP contribution in [0.25, 0.3) is 87.7 Å². The van der Waals surface area contributed by atoms with Crippen molar-refractivity contribution in [1.29, 1.82) is 0 Å². The number of benzene rings is 9. The maximum atomic E-state index is 7.10. The van der Waals surface area contributed by atoms with Crippen molar-refractivity contribution in [2.75, 3.05) is 4.90 Å². The molecule has 0 saturated carbocycles. The molecule has 0 bridgehead atoms. The van der Waals surface area contributed by atoms with E-state index in [0.717, 1.165) is 83.2 Å². The van der Waals surface area contributed by atoms with Crippen LogP contribution in [0.3, 0.4) is 0 Å². The summed E-state index contributed by atoms with van der Waals surface area (Å²) in [6.45, 7) is 0. The molecule has 0 saturated heterocycles. The Morgan fingerprint density at radius 1 is 0.302 bits per heavy atom. The van der Waals surface area contributed by atoms with E-state index in [1.54, 1.807) is 0 Å². The van der Waals surface area contributed by atoms with Crippen molar-refractivity contribution in [2.45, 2.75) is 0 Å². The first-order valence-corrected chi connectivity index (χ1v) is 18.0. The zero-order valence-corrected chi connectivity index (χ0v) is 28.7. The number of fused-ring (bicyclic) bond motifs is 9. The Balaban J connectivity index is 1.29. The number of hydrogen-bond donors (Lipinski definition) is 0. The van der Waals surface area contributed by atoms with Crippen LogP contribution in [0.1, 0.15) is 0 Å². The molecule has 0 aliphatic carbocycles. The molecule has 0 amide bonds. The van der Waals surface area contributed by atoms with E-state index >= 15 is 0 Å². The maximum absolute atomic E-state index is 7.10. The van der Waals surface area contributed by atoms with Crippen molar-refractivity contribution in [3.8, 4) is 22.3 Å². The van der Waals surface area contributed by atoms with Gasteiger partial charge in [-0.2, -0.15) is 0 Å². The summed E-state index contributed by atoms with van der Waals surface area (Å²) in [5.74, 6) is 0. The fourth-order valence-electron chi connectivity index (χ4n) is 8.28. The van der Waals surface area contributed by atoms with E-state index in [1.807, 2.05) is 6.07 Å². The highest BCUT2D eigenvalue weighted by molar-refractivity contribution is 6.22. The second kappa shape index (κ2) is 11.7. The van der Waals surface area contributed by atoms with Gasteiger partial charge in [0.2, 0.25) is 0 Å². The average Bonchev–Trinajstić information content (AvgIpc) is 3.81. The van der Waals surface area contributed by atoms with Crippen molar-refractivity contribution in [1.82, 2.24) is 0 Å². The molecule has 3 heteroatoms. The molecule has 0 aliphatic heterocycles. The van der Waals surface area contributed by atoms with Crippen molar-refractivity contribution in [3.05, 3.63) is 188 Å². The molecule has 248 valence electrons. The molecule has 0 aliphatic rings. The summed E-state index contributed by atoms with van der Waals surface area (Å²) in [5.41, 5.74) is 10.8. The largest absolute Gasteiger partial charge is 0.455 e. The summed E-state index contributed by atoms with van der Waals surface area (Å²) >= 11 is 0. The van der Waals surface area contributed by atoms with Gasteiger partial charge in [0.1, 0.15) is 16.7 Å². The van der Waals surface area contributed by atoms with Gasteiger partial charge in [0.05, 0.1) is 22.4 Å². The summed E-state index contributed by atoms with van der Waals surface area (Å²) < 4.78 is 13.9. The van der Waals surface area contributed by atoms with E-state index < -0.39 is 0 Å². The predicted molar refractivity (Wildman–Crippen MR) is 222 cm³/mol. The van der Waals surface area contributed by atoms with Gasteiger partial charge in [0, 0.05) is 32.7 Å². The normalized spacial score (nSPS) is 11.8. The average molecular weight is 678 g/mol. The third-order valence-electron chi connectivity index (χ3n) is 10.6. The van der Waals surface area contributed by atoms with Gasteiger partial charge in [0.25, 0.3) is 0 Å². The second-order valence-corrected chi connectivity index (χ2v) is 13.6. The molecule has 53 heavy (non-hydrogen) atoms. The number of para-hydroxylation sites is 3. The maximum Gasteiger partial charge on any atom is 0.159 e. The van der Waals surface area contributed by atoms with Crippen molar-refractivity contribution >= 4 is 82.5 Å². The topological polar surface area (TPSA) is 29.5 Å². The summed E-state index contributed by atoms with van der Waals surface area (Å²) in [6, 6.07) is 66.5. The minimum Gasteiger partial charge on any atom is -0.455 e. The monoisotopic (exact) mass is 677 g/mol. The molecular formula is C50H31NO2.